The van der Waals surface area contributed by atoms with Gasteiger partial charge in [-0.15, -0.1) is 0 Å². The number of nitrogen functional groups attached to an aromatic ring is 1. The number of pyridine rings is 1. The highest BCUT2D eigenvalue weighted by atomic mass is 15.1. The highest BCUT2D eigenvalue weighted by Crippen LogP contribution is 2.28. The van der Waals surface area contributed by atoms with Gasteiger partial charge in [0.25, 0.3) is 0 Å². The third-order valence-corrected chi connectivity index (χ3v) is 3.26. The normalized spacial score (nSPS) is 21.7. The van der Waals surface area contributed by atoms with Crippen LogP contribution in [-0.4, -0.2) is 18.1 Å². The first-order valence-electron chi connectivity index (χ1n) is 5.75. The summed E-state index contributed by atoms with van der Waals surface area (Å²) >= 11 is 0. The molecule has 0 aliphatic carbocycles. The Morgan fingerprint density at radius 3 is 3.20 bits per heavy atom. The summed E-state index contributed by atoms with van der Waals surface area (Å²) in [5.41, 5.74) is 7.89. The molecule has 0 spiro atoms. The average molecular weight is 205 g/mol. The average Bonchev–Trinajstić information content (AvgIpc) is 2.30. The maximum Gasteiger partial charge on any atom is 0.0738 e. The van der Waals surface area contributed by atoms with E-state index in [-0.39, 0.29) is 0 Å². The topological polar surface area (TPSA) is 42.2 Å². The van der Waals surface area contributed by atoms with Crippen LogP contribution in [-0.2, 0) is 0 Å². The Labute approximate surface area is 91.3 Å². The van der Waals surface area contributed by atoms with E-state index in [9.17, 15) is 0 Å². The van der Waals surface area contributed by atoms with E-state index < -0.39 is 0 Å². The molecule has 1 aromatic rings. The smallest absolute Gasteiger partial charge is 0.0738 e. The number of nitrogens with two attached hydrogens (primary N) is 1. The summed E-state index contributed by atoms with van der Waals surface area (Å²) in [7, 11) is 0. The molecule has 2 heterocycles. The van der Waals surface area contributed by atoms with Crippen molar-refractivity contribution in [1.29, 1.82) is 0 Å². The summed E-state index contributed by atoms with van der Waals surface area (Å²) in [6, 6.07) is 2.02. The zero-order chi connectivity index (χ0) is 10.7. The van der Waals surface area contributed by atoms with Crippen molar-refractivity contribution < 1.29 is 0 Å². The summed E-state index contributed by atoms with van der Waals surface area (Å²) < 4.78 is 0. The maximum absolute atomic E-state index is 5.93. The molecular formula is C12H19N3. The van der Waals surface area contributed by atoms with E-state index in [4.69, 9.17) is 5.73 Å². The van der Waals surface area contributed by atoms with Gasteiger partial charge in [-0.1, -0.05) is 13.3 Å². The van der Waals surface area contributed by atoms with Crippen LogP contribution in [0.15, 0.2) is 18.5 Å². The van der Waals surface area contributed by atoms with Gasteiger partial charge in [-0.3, -0.25) is 4.98 Å². The molecule has 0 aromatic carbocycles. The Hall–Kier alpha value is -1.25. The molecule has 1 atom stereocenters. The molecule has 82 valence electrons. The molecule has 3 nitrogen and oxygen atoms in total. The van der Waals surface area contributed by atoms with E-state index >= 15 is 0 Å². The van der Waals surface area contributed by atoms with Gasteiger partial charge in [0.05, 0.1) is 17.6 Å². The molecule has 0 bridgehead atoms. The fourth-order valence-electron chi connectivity index (χ4n) is 2.30. The molecule has 1 aliphatic heterocycles. The van der Waals surface area contributed by atoms with Crippen molar-refractivity contribution >= 4 is 11.4 Å². The predicted molar refractivity (Wildman–Crippen MR) is 63.9 cm³/mol. The van der Waals surface area contributed by atoms with E-state index in [2.05, 4.69) is 16.8 Å². The first-order chi connectivity index (χ1) is 7.31. The molecule has 0 saturated carbocycles. The lowest BCUT2D eigenvalue weighted by atomic mass is 9.95. The van der Waals surface area contributed by atoms with Gasteiger partial charge in [-0.05, 0) is 24.8 Å². The minimum absolute atomic E-state index is 0.800. The largest absolute Gasteiger partial charge is 0.396 e. The summed E-state index contributed by atoms with van der Waals surface area (Å²) in [6.45, 7) is 4.54. The molecule has 1 aromatic heterocycles. The molecule has 1 fully saturated rings. The Balaban J connectivity index is 2.13. The van der Waals surface area contributed by atoms with E-state index in [0.717, 1.165) is 30.4 Å². The number of piperidine rings is 1. The Morgan fingerprint density at radius 2 is 2.47 bits per heavy atom. The summed E-state index contributed by atoms with van der Waals surface area (Å²) in [6.07, 6.45) is 7.46. The summed E-state index contributed by atoms with van der Waals surface area (Å²) in [4.78, 5) is 6.42. The molecule has 15 heavy (non-hydrogen) atoms. The fraction of sp³-hybridized carbons (Fsp3) is 0.583. The van der Waals surface area contributed by atoms with Gasteiger partial charge in [0.15, 0.2) is 0 Å². The molecule has 2 N–H and O–H groups in total. The van der Waals surface area contributed by atoms with Crippen LogP contribution in [0.3, 0.4) is 0 Å². The molecule has 1 unspecified atom stereocenters. The molecule has 0 amide bonds. The van der Waals surface area contributed by atoms with Gasteiger partial charge in [0.1, 0.15) is 0 Å². The summed E-state index contributed by atoms with van der Waals surface area (Å²) in [5, 5.41) is 0. The number of nitrogens with zero attached hydrogens (tertiary/aromatic N) is 2. The molecule has 2 rings (SSSR count). The van der Waals surface area contributed by atoms with Crippen LogP contribution >= 0.6 is 0 Å². The standard InChI is InChI=1S/C12H19N3/c1-2-10-4-3-7-15(9-10)12-5-6-14-8-11(12)13/h5-6,8,10H,2-4,7,9,13H2,1H3. The SMILES string of the molecule is CCC1CCCN(c2ccncc2N)C1. The van der Waals surface area contributed by atoms with Crippen molar-refractivity contribution in [1.82, 2.24) is 4.98 Å². The van der Waals surface area contributed by atoms with Crippen molar-refractivity contribution in [3.63, 3.8) is 0 Å². The van der Waals surface area contributed by atoms with Crippen LogP contribution in [0.1, 0.15) is 26.2 Å². The lowest BCUT2D eigenvalue weighted by Crippen LogP contribution is -2.35. The van der Waals surface area contributed by atoms with Crippen molar-refractivity contribution in [2.45, 2.75) is 26.2 Å². The van der Waals surface area contributed by atoms with Gasteiger partial charge >= 0.3 is 0 Å². The number of hydrogen-bond acceptors (Lipinski definition) is 3. The number of rotatable bonds is 2. The number of aromatic nitrogens is 1. The monoisotopic (exact) mass is 205 g/mol. The Kier molecular flexibility index (Phi) is 3.09. The second-order valence-electron chi connectivity index (χ2n) is 4.30. The Morgan fingerprint density at radius 1 is 1.60 bits per heavy atom. The van der Waals surface area contributed by atoms with Gasteiger partial charge in [0, 0.05) is 19.3 Å². The van der Waals surface area contributed by atoms with E-state index in [1.807, 2.05) is 12.3 Å². The second kappa shape index (κ2) is 4.51. The van der Waals surface area contributed by atoms with Crippen LogP contribution in [0.5, 0.6) is 0 Å². The summed E-state index contributed by atoms with van der Waals surface area (Å²) in [5.74, 6) is 0.825. The molecule has 0 radical (unpaired) electrons. The maximum atomic E-state index is 5.93. The van der Waals surface area contributed by atoms with Crippen molar-refractivity contribution in [3.8, 4) is 0 Å². The minimum atomic E-state index is 0.800. The van der Waals surface area contributed by atoms with Crippen LogP contribution < -0.4 is 10.6 Å². The highest BCUT2D eigenvalue weighted by molar-refractivity contribution is 5.66. The zero-order valence-electron chi connectivity index (χ0n) is 9.32. The van der Waals surface area contributed by atoms with Gasteiger partial charge in [-0.25, -0.2) is 0 Å². The van der Waals surface area contributed by atoms with Crippen molar-refractivity contribution in [2.24, 2.45) is 5.92 Å². The van der Waals surface area contributed by atoms with E-state index in [1.165, 1.54) is 19.3 Å². The second-order valence-corrected chi connectivity index (χ2v) is 4.30. The molecule has 1 saturated heterocycles. The van der Waals surface area contributed by atoms with Crippen LogP contribution in [0, 0.1) is 5.92 Å². The van der Waals surface area contributed by atoms with E-state index in [1.54, 1.807) is 6.20 Å². The van der Waals surface area contributed by atoms with Crippen molar-refractivity contribution in [3.05, 3.63) is 18.5 Å². The predicted octanol–water partition coefficient (Wildman–Crippen LogP) is 2.29. The number of hydrogen-bond donors (Lipinski definition) is 1. The molecule has 3 heteroatoms. The zero-order valence-corrected chi connectivity index (χ0v) is 9.32. The highest BCUT2D eigenvalue weighted by Gasteiger charge is 2.19. The quantitative estimate of drug-likeness (QED) is 0.805. The van der Waals surface area contributed by atoms with Crippen LogP contribution in [0.2, 0.25) is 0 Å². The van der Waals surface area contributed by atoms with E-state index in [0.29, 0.717) is 0 Å². The minimum Gasteiger partial charge on any atom is -0.396 e. The third kappa shape index (κ3) is 2.22. The first-order valence-corrected chi connectivity index (χ1v) is 5.75. The van der Waals surface area contributed by atoms with Crippen molar-refractivity contribution in [2.75, 3.05) is 23.7 Å². The lowest BCUT2D eigenvalue weighted by Gasteiger charge is -2.34. The lowest BCUT2D eigenvalue weighted by molar-refractivity contribution is 0.405. The van der Waals surface area contributed by atoms with Gasteiger partial charge in [0.2, 0.25) is 0 Å². The van der Waals surface area contributed by atoms with Crippen LogP contribution in [0.25, 0.3) is 0 Å². The number of anilines is 2. The third-order valence-electron chi connectivity index (χ3n) is 3.26. The fourth-order valence-corrected chi connectivity index (χ4v) is 2.30. The Bertz CT molecular complexity index is 324. The van der Waals surface area contributed by atoms with Gasteiger partial charge < -0.3 is 10.6 Å². The van der Waals surface area contributed by atoms with Crippen LogP contribution in [0.4, 0.5) is 11.4 Å². The molecular weight excluding hydrogens is 186 g/mol. The molecule has 1 aliphatic rings. The van der Waals surface area contributed by atoms with Gasteiger partial charge in [-0.2, -0.15) is 0 Å². The first kappa shape index (κ1) is 10.3.